The second-order valence-electron chi connectivity index (χ2n) is 4.14. The molecule has 1 aromatic rings. The second kappa shape index (κ2) is 5.97. The van der Waals surface area contributed by atoms with Gasteiger partial charge < -0.3 is 16.2 Å². The highest BCUT2D eigenvalue weighted by Crippen LogP contribution is 2.24. The summed E-state index contributed by atoms with van der Waals surface area (Å²) in [6, 6.07) is 4.16. The van der Waals surface area contributed by atoms with E-state index < -0.39 is 5.97 Å². The molecular formula is C12H15BrN2O3. The average Bonchev–Trinajstić information content (AvgIpc) is 2.30. The zero-order valence-corrected chi connectivity index (χ0v) is 11.7. The van der Waals surface area contributed by atoms with Crippen LogP contribution in [0.5, 0.6) is 0 Å². The third-order valence-corrected chi connectivity index (χ3v) is 3.33. The van der Waals surface area contributed by atoms with Crippen LogP contribution in [0.1, 0.15) is 24.2 Å². The minimum atomic E-state index is -1.02. The van der Waals surface area contributed by atoms with Gasteiger partial charge in [-0.3, -0.25) is 4.79 Å². The maximum atomic E-state index is 11.8. The van der Waals surface area contributed by atoms with Crippen LogP contribution < -0.4 is 11.1 Å². The Hall–Kier alpha value is -1.40. The van der Waals surface area contributed by atoms with Crippen LogP contribution in [0.25, 0.3) is 0 Å². The predicted octanol–water partition coefficient (Wildman–Crippen LogP) is 2.07. The van der Waals surface area contributed by atoms with Gasteiger partial charge in [-0.15, -0.1) is 0 Å². The van der Waals surface area contributed by atoms with Gasteiger partial charge in [0.05, 0.1) is 17.2 Å². The maximum absolute atomic E-state index is 11.8. The molecule has 0 spiro atoms. The van der Waals surface area contributed by atoms with E-state index in [1.165, 1.54) is 12.1 Å². The van der Waals surface area contributed by atoms with Gasteiger partial charge in [0, 0.05) is 10.5 Å². The summed E-state index contributed by atoms with van der Waals surface area (Å²) in [5, 5.41) is 11.5. The minimum absolute atomic E-state index is 0.153. The van der Waals surface area contributed by atoms with Crippen molar-refractivity contribution >= 4 is 33.5 Å². The maximum Gasteiger partial charge on any atom is 0.335 e. The number of halogens is 1. The molecule has 4 N–H and O–H groups in total. The van der Waals surface area contributed by atoms with Gasteiger partial charge in [0.1, 0.15) is 0 Å². The molecule has 0 aliphatic heterocycles. The Bertz CT molecular complexity index is 474. The molecule has 5 nitrogen and oxygen atoms in total. The summed E-state index contributed by atoms with van der Waals surface area (Å²) in [4.78, 5) is 22.6. The SMILES string of the molecule is CC(N)C(C)C(=O)Nc1ccc(C(=O)O)cc1Br. The Morgan fingerprint density at radius 1 is 1.39 bits per heavy atom. The molecule has 0 aliphatic rings. The molecule has 0 heterocycles. The molecule has 1 aromatic carbocycles. The molecule has 0 aromatic heterocycles. The fourth-order valence-electron chi connectivity index (χ4n) is 1.23. The summed E-state index contributed by atoms with van der Waals surface area (Å²) in [6.07, 6.45) is 0. The molecule has 6 heteroatoms. The molecule has 1 amide bonds. The van der Waals surface area contributed by atoms with Gasteiger partial charge in [0.25, 0.3) is 0 Å². The first-order chi connectivity index (χ1) is 8.32. The molecule has 2 unspecified atom stereocenters. The summed E-state index contributed by atoms with van der Waals surface area (Å²) >= 11 is 3.22. The van der Waals surface area contributed by atoms with Crippen molar-refractivity contribution in [1.29, 1.82) is 0 Å². The number of nitrogens with one attached hydrogen (secondary N) is 1. The molecule has 0 aliphatic carbocycles. The normalized spacial score (nSPS) is 13.8. The lowest BCUT2D eigenvalue weighted by Crippen LogP contribution is -2.34. The van der Waals surface area contributed by atoms with E-state index in [4.69, 9.17) is 10.8 Å². The third kappa shape index (κ3) is 3.54. The summed E-state index contributed by atoms with van der Waals surface area (Å²) < 4.78 is 0.521. The quantitative estimate of drug-likeness (QED) is 0.793. The average molecular weight is 315 g/mol. The van der Waals surface area contributed by atoms with Crippen LogP contribution in [0, 0.1) is 5.92 Å². The second-order valence-corrected chi connectivity index (χ2v) is 4.99. The highest BCUT2D eigenvalue weighted by molar-refractivity contribution is 9.10. The number of anilines is 1. The Morgan fingerprint density at radius 2 is 2.00 bits per heavy atom. The molecule has 0 fully saturated rings. The van der Waals surface area contributed by atoms with E-state index in [0.717, 1.165) is 0 Å². The van der Waals surface area contributed by atoms with Gasteiger partial charge in [-0.2, -0.15) is 0 Å². The van der Waals surface area contributed by atoms with Crippen LogP contribution in [0.4, 0.5) is 5.69 Å². The van der Waals surface area contributed by atoms with Crippen LogP contribution >= 0.6 is 15.9 Å². The fraction of sp³-hybridized carbons (Fsp3) is 0.333. The van der Waals surface area contributed by atoms with Crippen molar-refractivity contribution in [2.24, 2.45) is 11.7 Å². The fourth-order valence-corrected chi connectivity index (χ4v) is 1.71. The van der Waals surface area contributed by atoms with Crippen LogP contribution in [0.15, 0.2) is 22.7 Å². The van der Waals surface area contributed by atoms with Gasteiger partial charge in [-0.05, 0) is 41.1 Å². The van der Waals surface area contributed by atoms with Crippen LogP contribution in [-0.4, -0.2) is 23.0 Å². The topological polar surface area (TPSA) is 92.4 Å². The van der Waals surface area contributed by atoms with Crippen molar-refractivity contribution in [3.63, 3.8) is 0 Å². The first-order valence-corrected chi connectivity index (χ1v) is 6.21. The summed E-state index contributed by atoms with van der Waals surface area (Å²) in [5.74, 6) is -1.54. The van der Waals surface area contributed by atoms with E-state index in [1.54, 1.807) is 19.9 Å². The molecule has 0 saturated carbocycles. The molecule has 98 valence electrons. The van der Waals surface area contributed by atoms with E-state index in [1.807, 2.05) is 0 Å². The molecule has 18 heavy (non-hydrogen) atoms. The van der Waals surface area contributed by atoms with Crippen LogP contribution in [-0.2, 0) is 4.79 Å². The lowest BCUT2D eigenvalue weighted by atomic mass is 10.0. The van der Waals surface area contributed by atoms with E-state index in [0.29, 0.717) is 10.2 Å². The number of carbonyl (C=O) groups is 2. The van der Waals surface area contributed by atoms with E-state index in [9.17, 15) is 9.59 Å². The molecule has 0 bridgehead atoms. The zero-order valence-electron chi connectivity index (χ0n) is 10.1. The number of aromatic carboxylic acids is 1. The minimum Gasteiger partial charge on any atom is -0.478 e. The number of nitrogens with two attached hydrogens (primary N) is 1. The highest BCUT2D eigenvalue weighted by atomic mass is 79.9. The third-order valence-electron chi connectivity index (χ3n) is 2.68. The predicted molar refractivity (Wildman–Crippen MR) is 72.5 cm³/mol. The molecule has 1 rings (SSSR count). The Kier molecular flexibility index (Phi) is 4.86. The summed E-state index contributed by atoms with van der Waals surface area (Å²) in [7, 11) is 0. The number of carbonyl (C=O) groups excluding carboxylic acids is 1. The lowest BCUT2D eigenvalue weighted by Gasteiger charge is -2.16. The van der Waals surface area contributed by atoms with Crippen molar-refractivity contribution in [2.75, 3.05) is 5.32 Å². The van der Waals surface area contributed by atoms with Crippen molar-refractivity contribution < 1.29 is 14.7 Å². The van der Waals surface area contributed by atoms with Crippen molar-refractivity contribution in [3.8, 4) is 0 Å². The van der Waals surface area contributed by atoms with Gasteiger partial charge in [0.15, 0.2) is 0 Å². The van der Waals surface area contributed by atoms with Crippen LogP contribution in [0.3, 0.4) is 0 Å². The number of carboxylic acids is 1. The van der Waals surface area contributed by atoms with Gasteiger partial charge in [-0.25, -0.2) is 4.79 Å². The standard InChI is InChI=1S/C12H15BrN2O3/c1-6(7(2)14)11(16)15-10-4-3-8(12(17)18)5-9(10)13/h3-7H,14H2,1-2H3,(H,15,16)(H,17,18). The monoisotopic (exact) mass is 314 g/mol. The number of hydrogen-bond donors (Lipinski definition) is 3. The Morgan fingerprint density at radius 3 is 2.44 bits per heavy atom. The molecular weight excluding hydrogens is 300 g/mol. The first-order valence-electron chi connectivity index (χ1n) is 5.42. The lowest BCUT2D eigenvalue weighted by molar-refractivity contribution is -0.119. The van der Waals surface area contributed by atoms with Crippen LogP contribution in [0.2, 0.25) is 0 Å². The Balaban J connectivity index is 2.86. The van der Waals surface area contributed by atoms with E-state index in [2.05, 4.69) is 21.2 Å². The highest BCUT2D eigenvalue weighted by Gasteiger charge is 2.18. The zero-order chi connectivity index (χ0) is 13.9. The molecule has 2 atom stereocenters. The van der Waals surface area contributed by atoms with Crippen molar-refractivity contribution in [1.82, 2.24) is 0 Å². The van der Waals surface area contributed by atoms with E-state index >= 15 is 0 Å². The largest absolute Gasteiger partial charge is 0.478 e. The van der Waals surface area contributed by atoms with Crippen molar-refractivity contribution in [2.45, 2.75) is 19.9 Å². The smallest absolute Gasteiger partial charge is 0.335 e. The number of hydrogen-bond acceptors (Lipinski definition) is 3. The van der Waals surface area contributed by atoms with Gasteiger partial charge >= 0.3 is 5.97 Å². The van der Waals surface area contributed by atoms with E-state index in [-0.39, 0.29) is 23.4 Å². The Labute approximate surface area is 113 Å². The molecule has 0 radical (unpaired) electrons. The number of carboxylic acid groups (broad SMARTS) is 1. The molecule has 0 saturated heterocycles. The summed E-state index contributed by atoms with van der Waals surface area (Å²) in [5.41, 5.74) is 6.32. The first kappa shape index (κ1) is 14.7. The number of benzene rings is 1. The van der Waals surface area contributed by atoms with Gasteiger partial charge in [0.2, 0.25) is 5.91 Å². The van der Waals surface area contributed by atoms with Gasteiger partial charge in [-0.1, -0.05) is 6.92 Å². The van der Waals surface area contributed by atoms with Crippen molar-refractivity contribution in [3.05, 3.63) is 28.2 Å². The number of amides is 1. The summed E-state index contributed by atoms with van der Waals surface area (Å²) in [6.45, 7) is 3.49. The number of rotatable bonds is 4.